The molecule has 4 heteroatoms. The van der Waals surface area contributed by atoms with E-state index in [0.29, 0.717) is 6.42 Å². The normalized spacial score (nSPS) is 13.3. The van der Waals surface area contributed by atoms with Crippen molar-refractivity contribution in [2.45, 2.75) is 37.9 Å². The van der Waals surface area contributed by atoms with E-state index in [2.05, 4.69) is 6.58 Å². The lowest BCUT2D eigenvalue weighted by molar-refractivity contribution is -0.137. The van der Waals surface area contributed by atoms with Crippen LogP contribution in [0.4, 0.5) is 13.2 Å². The molecule has 0 aromatic heterocycles. The van der Waals surface area contributed by atoms with E-state index < -0.39 is 11.7 Å². The lowest BCUT2D eigenvalue weighted by Gasteiger charge is -2.12. The van der Waals surface area contributed by atoms with E-state index in [0.717, 1.165) is 37.0 Å². The maximum absolute atomic E-state index is 12.4. The first-order valence-corrected chi connectivity index (χ1v) is 5.96. The van der Waals surface area contributed by atoms with E-state index >= 15 is 0 Å². The van der Waals surface area contributed by atoms with Crippen LogP contribution in [0.5, 0.6) is 0 Å². The summed E-state index contributed by atoms with van der Waals surface area (Å²) in [4.78, 5) is 0. The van der Waals surface area contributed by atoms with Crippen molar-refractivity contribution in [3.05, 3.63) is 48.0 Å². The van der Waals surface area contributed by atoms with Crippen molar-refractivity contribution < 1.29 is 13.2 Å². The smallest absolute Gasteiger partial charge is 0.327 e. The largest absolute Gasteiger partial charge is 0.416 e. The summed E-state index contributed by atoms with van der Waals surface area (Å²) < 4.78 is 37.1. The van der Waals surface area contributed by atoms with Crippen molar-refractivity contribution in [1.82, 2.24) is 0 Å². The molecule has 0 aliphatic rings. The first-order chi connectivity index (χ1) is 8.43. The quantitative estimate of drug-likeness (QED) is 0.606. The average Bonchev–Trinajstić information content (AvgIpc) is 2.29. The Balaban J connectivity index is 2.50. The van der Waals surface area contributed by atoms with Gasteiger partial charge < -0.3 is 5.73 Å². The van der Waals surface area contributed by atoms with Crippen LogP contribution in [0.25, 0.3) is 0 Å². The van der Waals surface area contributed by atoms with Gasteiger partial charge in [-0.25, -0.2) is 0 Å². The predicted octanol–water partition coefficient (Wildman–Crippen LogP) is 3.93. The van der Waals surface area contributed by atoms with Crippen LogP contribution >= 0.6 is 0 Å². The van der Waals surface area contributed by atoms with Gasteiger partial charge in [0, 0.05) is 6.04 Å². The molecule has 0 saturated heterocycles. The van der Waals surface area contributed by atoms with Crippen LogP contribution in [0.3, 0.4) is 0 Å². The molecule has 0 aliphatic carbocycles. The van der Waals surface area contributed by atoms with Crippen molar-refractivity contribution in [3.8, 4) is 0 Å². The van der Waals surface area contributed by atoms with E-state index in [1.54, 1.807) is 0 Å². The van der Waals surface area contributed by atoms with Gasteiger partial charge in [-0.05, 0) is 43.4 Å². The highest BCUT2D eigenvalue weighted by molar-refractivity contribution is 5.25. The fourth-order valence-electron chi connectivity index (χ4n) is 1.76. The average molecular weight is 257 g/mol. The molecule has 1 unspecified atom stereocenters. The lowest BCUT2D eigenvalue weighted by Crippen LogP contribution is -2.22. The lowest BCUT2D eigenvalue weighted by atomic mass is 10.0. The van der Waals surface area contributed by atoms with Gasteiger partial charge >= 0.3 is 6.18 Å². The van der Waals surface area contributed by atoms with Gasteiger partial charge in [0.2, 0.25) is 0 Å². The number of benzene rings is 1. The van der Waals surface area contributed by atoms with Gasteiger partial charge in [-0.1, -0.05) is 18.2 Å². The topological polar surface area (TPSA) is 26.0 Å². The Morgan fingerprint density at radius 2 is 1.83 bits per heavy atom. The molecule has 1 aromatic carbocycles. The van der Waals surface area contributed by atoms with Gasteiger partial charge in [0.05, 0.1) is 5.56 Å². The van der Waals surface area contributed by atoms with E-state index in [1.165, 1.54) is 12.1 Å². The molecular weight excluding hydrogens is 239 g/mol. The number of halogens is 3. The third kappa shape index (κ3) is 4.92. The molecule has 18 heavy (non-hydrogen) atoms. The Kier molecular flexibility index (Phi) is 5.41. The van der Waals surface area contributed by atoms with Gasteiger partial charge in [0.1, 0.15) is 0 Å². The molecule has 0 heterocycles. The third-order valence-corrected chi connectivity index (χ3v) is 2.76. The Labute approximate surface area is 105 Å². The molecule has 100 valence electrons. The molecule has 0 amide bonds. The number of hydrogen-bond acceptors (Lipinski definition) is 1. The first-order valence-electron chi connectivity index (χ1n) is 5.96. The van der Waals surface area contributed by atoms with Gasteiger partial charge in [-0.15, -0.1) is 6.58 Å². The number of nitrogens with two attached hydrogens (primary N) is 1. The molecular formula is C14H18F3N. The number of unbranched alkanes of at least 4 members (excludes halogenated alkanes) is 1. The second-order valence-electron chi connectivity index (χ2n) is 4.38. The van der Waals surface area contributed by atoms with Gasteiger partial charge in [0.25, 0.3) is 0 Å². The Hall–Kier alpha value is -1.29. The zero-order valence-corrected chi connectivity index (χ0v) is 10.2. The van der Waals surface area contributed by atoms with Crippen molar-refractivity contribution >= 4 is 0 Å². The number of alkyl halides is 3. The standard InChI is InChI=1S/C14H18F3N/c1-2-3-4-5-13(18)10-11-6-8-12(9-7-11)14(15,16)17/h2,6-9,13H,1,3-5,10,18H2. The Bertz CT molecular complexity index is 368. The summed E-state index contributed by atoms with van der Waals surface area (Å²) in [5, 5.41) is 0. The molecule has 2 N–H and O–H groups in total. The Morgan fingerprint density at radius 3 is 2.33 bits per heavy atom. The minimum atomic E-state index is -4.27. The highest BCUT2D eigenvalue weighted by Gasteiger charge is 2.29. The summed E-state index contributed by atoms with van der Waals surface area (Å²) >= 11 is 0. The minimum absolute atomic E-state index is 0.0123. The number of hydrogen-bond donors (Lipinski definition) is 1. The predicted molar refractivity (Wildman–Crippen MR) is 67.2 cm³/mol. The molecule has 0 radical (unpaired) electrons. The molecule has 0 aliphatic heterocycles. The molecule has 1 rings (SSSR count). The molecule has 0 fully saturated rings. The zero-order chi connectivity index (χ0) is 13.6. The zero-order valence-electron chi connectivity index (χ0n) is 10.2. The van der Waals surface area contributed by atoms with E-state index in [1.807, 2.05) is 6.08 Å². The fraction of sp³-hybridized carbons (Fsp3) is 0.429. The molecule has 0 bridgehead atoms. The maximum Gasteiger partial charge on any atom is 0.416 e. The van der Waals surface area contributed by atoms with Crippen molar-refractivity contribution in [2.24, 2.45) is 5.73 Å². The molecule has 1 atom stereocenters. The number of allylic oxidation sites excluding steroid dienone is 1. The van der Waals surface area contributed by atoms with Crippen molar-refractivity contribution in [1.29, 1.82) is 0 Å². The number of rotatable bonds is 6. The van der Waals surface area contributed by atoms with E-state index in [-0.39, 0.29) is 6.04 Å². The van der Waals surface area contributed by atoms with Crippen LogP contribution in [-0.2, 0) is 12.6 Å². The summed E-state index contributed by atoms with van der Waals surface area (Å²) in [5.74, 6) is 0. The monoisotopic (exact) mass is 257 g/mol. The van der Waals surface area contributed by atoms with Crippen LogP contribution < -0.4 is 5.73 Å². The van der Waals surface area contributed by atoms with Crippen LogP contribution in [0.2, 0.25) is 0 Å². The maximum atomic E-state index is 12.4. The van der Waals surface area contributed by atoms with E-state index in [4.69, 9.17) is 5.73 Å². The fourth-order valence-corrected chi connectivity index (χ4v) is 1.76. The summed E-state index contributed by atoms with van der Waals surface area (Å²) in [7, 11) is 0. The minimum Gasteiger partial charge on any atom is -0.327 e. The summed E-state index contributed by atoms with van der Waals surface area (Å²) in [5.41, 5.74) is 6.14. The van der Waals surface area contributed by atoms with Crippen molar-refractivity contribution in [2.75, 3.05) is 0 Å². The first kappa shape index (κ1) is 14.8. The van der Waals surface area contributed by atoms with Gasteiger partial charge in [-0.3, -0.25) is 0 Å². The second kappa shape index (κ2) is 6.59. The van der Waals surface area contributed by atoms with E-state index in [9.17, 15) is 13.2 Å². The summed E-state index contributed by atoms with van der Waals surface area (Å²) in [6, 6.07) is 5.19. The van der Waals surface area contributed by atoms with Crippen LogP contribution in [0.15, 0.2) is 36.9 Å². The van der Waals surface area contributed by atoms with Crippen molar-refractivity contribution in [3.63, 3.8) is 0 Å². The summed E-state index contributed by atoms with van der Waals surface area (Å²) in [6.45, 7) is 3.63. The molecule has 0 spiro atoms. The second-order valence-corrected chi connectivity index (χ2v) is 4.38. The van der Waals surface area contributed by atoms with Crippen LogP contribution in [0.1, 0.15) is 30.4 Å². The van der Waals surface area contributed by atoms with Crippen LogP contribution in [0, 0.1) is 0 Å². The summed E-state index contributed by atoms with van der Waals surface area (Å²) in [6.07, 6.45) is 0.907. The molecule has 1 nitrogen and oxygen atoms in total. The highest BCUT2D eigenvalue weighted by Crippen LogP contribution is 2.29. The third-order valence-electron chi connectivity index (χ3n) is 2.76. The highest BCUT2D eigenvalue weighted by atomic mass is 19.4. The van der Waals surface area contributed by atoms with Crippen LogP contribution in [-0.4, -0.2) is 6.04 Å². The molecule has 0 saturated carbocycles. The van der Waals surface area contributed by atoms with Gasteiger partial charge in [0.15, 0.2) is 0 Å². The molecule has 1 aromatic rings. The Morgan fingerprint density at radius 1 is 1.22 bits per heavy atom. The SMILES string of the molecule is C=CCCCC(N)Cc1ccc(C(F)(F)F)cc1. The van der Waals surface area contributed by atoms with Gasteiger partial charge in [-0.2, -0.15) is 13.2 Å².